The van der Waals surface area contributed by atoms with Gasteiger partial charge in [0.05, 0.1) is 25.0 Å². The fraction of sp³-hybridized carbons (Fsp3) is 0.526. The van der Waals surface area contributed by atoms with Crippen LogP contribution in [0, 0.1) is 0 Å². The summed E-state index contributed by atoms with van der Waals surface area (Å²) in [6.45, 7) is 3.15. The lowest BCUT2D eigenvalue weighted by molar-refractivity contribution is -0.146. The summed E-state index contributed by atoms with van der Waals surface area (Å²) in [5.74, 6) is 0.345. The average molecular weight is 345 g/mol. The Morgan fingerprint density at radius 2 is 1.92 bits per heavy atom. The highest BCUT2D eigenvalue weighted by Crippen LogP contribution is 2.39. The van der Waals surface area contributed by atoms with Gasteiger partial charge in [0.1, 0.15) is 11.4 Å². The second kappa shape index (κ2) is 7.25. The van der Waals surface area contributed by atoms with Gasteiger partial charge in [-0.1, -0.05) is 12.1 Å². The third-order valence-corrected chi connectivity index (χ3v) is 4.87. The number of para-hydroxylation sites is 1. The lowest BCUT2D eigenvalue weighted by Crippen LogP contribution is -2.52. The zero-order valence-electron chi connectivity index (χ0n) is 14.5. The van der Waals surface area contributed by atoms with Gasteiger partial charge < -0.3 is 14.4 Å². The summed E-state index contributed by atoms with van der Waals surface area (Å²) >= 11 is 0. The normalized spacial score (nSPS) is 18.4. The fourth-order valence-corrected chi connectivity index (χ4v) is 3.49. The predicted octanol–water partition coefficient (Wildman–Crippen LogP) is 2.36. The van der Waals surface area contributed by atoms with Crippen molar-refractivity contribution < 1.29 is 23.9 Å². The second-order valence-corrected chi connectivity index (χ2v) is 6.57. The molecule has 0 N–H and O–H groups in total. The summed E-state index contributed by atoms with van der Waals surface area (Å²) < 4.78 is 11.0. The smallest absolute Gasteiger partial charge is 0.306 e. The maximum atomic E-state index is 12.4. The fourth-order valence-electron chi connectivity index (χ4n) is 3.49. The summed E-state index contributed by atoms with van der Waals surface area (Å²) in [6.07, 6.45) is 1.87. The Hall–Kier alpha value is -2.37. The number of rotatable bonds is 4. The third-order valence-electron chi connectivity index (χ3n) is 4.87. The van der Waals surface area contributed by atoms with Crippen molar-refractivity contribution in [3.63, 3.8) is 0 Å². The van der Waals surface area contributed by atoms with Crippen molar-refractivity contribution >= 4 is 17.7 Å². The van der Waals surface area contributed by atoms with Crippen molar-refractivity contribution in [2.24, 2.45) is 0 Å². The highest BCUT2D eigenvalue weighted by Gasteiger charge is 2.43. The Morgan fingerprint density at radius 3 is 2.64 bits per heavy atom. The molecule has 0 aromatic heterocycles. The zero-order valence-corrected chi connectivity index (χ0v) is 14.5. The van der Waals surface area contributed by atoms with Crippen LogP contribution >= 0.6 is 0 Å². The minimum atomic E-state index is -0.511. The van der Waals surface area contributed by atoms with Gasteiger partial charge in [-0.15, -0.1) is 0 Å². The van der Waals surface area contributed by atoms with Crippen LogP contribution in [0.3, 0.4) is 0 Å². The molecule has 0 aliphatic carbocycles. The summed E-state index contributed by atoms with van der Waals surface area (Å²) in [4.78, 5) is 37.8. The number of amides is 1. The van der Waals surface area contributed by atoms with E-state index in [0.29, 0.717) is 50.3 Å². The quantitative estimate of drug-likeness (QED) is 0.783. The minimum absolute atomic E-state index is 0.0505. The van der Waals surface area contributed by atoms with Gasteiger partial charge in [-0.2, -0.15) is 0 Å². The molecule has 0 radical (unpaired) electrons. The van der Waals surface area contributed by atoms with Crippen molar-refractivity contribution in [3.8, 4) is 5.75 Å². The molecule has 2 aliphatic rings. The van der Waals surface area contributed by atoms with Gasteiger partial charge in [-0.25, -0.2) is 0 Å². The van der Waals surface area contributed by atoms with Gasteiger partial charge in [-0.05, 0) is 19.1 Å². The van der Waals surface area contributed by atoms with E-state index in [1.807, 2.05) is 18.2 Å². The van der Waals surface area contributed by atoms with E-state index in [-0.39, 0.29) is 30.5 Å². The molecule has 1 spiro atoms. The van der Waals surface area contributed by atoms with Crippen LogP contribution in [0.1, 0.15) is 49.4 Å². The van der Waals surface area contributed by atoms with Crippen molar-refractivity contribution in [2.75, 3.05) is 19.7 Å². The monoisotopic (exact) mass is 345 g/mol. The second-order valence-electron chi connectivity index (χ2n) is 6.57. The third kappa shape index (κ3) is 3.83. The number of likely N-dealkylation sites (tertiary alicyclic amines) is 1. The SMILES string of the molecule is CCOC(=O)CCC(=O)N1CCC2(CC1)CC(=O)c1ccccc1O2. The first-order chi connectivity index (χ1) is 12.0. The van der Waals surface area contributed by atoms with E-state index in [2.05, 4.69) is 0 Å². The highest BCUT2D eigenvalue weighted by atomic mass is 16.5. The molecule has 6 heteroatoms. The van der Waals surface area contributed by atoms with Crippen LogP contribution < -0.4 is 4.74 Å². The Balaban J connectivity index is 1.56. The van der Waals surface area contributed by atoms with E-state index in [0.717, 1.165) is 0 Å². The number of carbonyl (C=O) groups is 3. The maximum absolute atomic E-state index is 12.4. The summed E-state index contributed by atoms with van der Waals surface area (Å²) in [5.41, 5.74) is 0.129. The van der Waals surface area contributed by atoms with Gasteiger partial charge in [0, 0.05) is 32.4 Å². The lowest BCUT2D eigenvalue weighted by Gasteiger charge is -2.44. The largest absolute Gasteiger partial charge is 0.486 e. The number of esters is 1. The number of ether oxygens (including phenoxy) is 2. The van der Waals surface area contributed by atoms with E-state index in [1.54, 1.807) is 17.9 Å². The van der Waals surface area contributed by atoms with E-state index in [4.69, 9.17) is 9.47 Å². The first-order valence-corrected chi connectivity index (χ1v) is 8.78. The van der Waals surface area contributed by atoms with Crippen molar-refractivity contribution in [3.05, 3.63) is 29.8 Å². The molecule has 3 rings (SSSR count). The molecular formula is C19H23NO5. The summed E-state index contributed by atoms with van der Waals surface area (Å²) in [5, 5.41) is 0. The van der Waals surface area contributed by atoms with Crippen molar-refractivity contribution in [1.29, 1.82) is 0 Å². The summed E-state index contributed by atoms with van der Waals surface area (Å²) in [7, 11) is 0. The molecule has 0 unspecified atom stereocenters. The van der Waals surface area contributed by atoms with Crippen LogP contribution in [0.15, 0.2) is 24.3 Å². The Bertz CT molecular complexity index is 676. The molecule has 134 valence electrons. The molecule has 1 amide bonds. The minimum Gasteiger partial charge on any atom is -0.486 e. The number of piperidine rings is 1. The highest BCUT2D eigenvalue weighted by molar-refractivity contribution is 6.00. The summed E-state index contributed by atoms with van der Waals surface area (Å²) in [6, 6.07) is 7.31. The molecule has 2 heterocycles. The standard InChI is InChI=1S/C19H23NO5/c1-2-24-18(23)8-7-17(22)20-11-9-19(10-12-20)13-15(21)14-5-3-4-6-16(14)25-19/h3-6H,2,7-13H2,1H3. The van der Waals surface area contributed by atoms with Gasteiger partial charge in [0.15, 0.2) is 5.78 Å². The molecule has 25 heavy (non-hydrogen) atoms. The van der Waals surface area contributed by atoms with Gasteiger partial charge in [0.25, 0.3) is 0 Å². The van der Waals surface area contributed by atoms with E-state index < -0.39 is 5.60 Å². The van der Waals surface area contributed by atoms with Crippen LogP contribution in [0.2, 0.25) is 0 Å². The van der Waals surface area contributed by atoms with Gasteiger partial charge in [0.2, 0.25) is 5.91 Å². The maximum Gasteiger partial charge on any atom is 0.306 e. The van der Waals surface area contributed by atoms with Crippen LogP contribution in [0.25, 0.3) is 0 Å². The Morgan fingerprint density at radius 1 is 1.20 bits per heavy atom. The zero-order chi connectivity index (χ0) is 17.9. The molecule has 1 fully saturated rings. The molecule has 0 atom stereocenters. The average Bonchev–Trinajstić information content (AvgIpc) is 2.60. The van der Waals surface area contributed by atoms with E-state index >= 15 is 0 Å². The van der Waals surface area contributed by atoms with Crippen LogP contribution in [-0.2, 0) is 14.3 Å². The number of fused-ring (bicyclic) bond motifs is 1. The van der Waals surface area contributed by atoms with Crippen LogP contribution in [0.4, 0.5) is 0 Å². The van der Waals surface area contributed by atoms with E-state index in [9.17, 15) is 14.4 Å². The van der Waals surface area contributed by atoms with Crippen LogP contribution in [-0.4, -0.2) is 47.9 Å². The first kappa shape index (κ1) is 17.5. The molecule has 2 aliphatic heterocycles. The Kier molecular flexibility index (Phi) is 5.06. The number of Topliss-reactive ketones (excluding diaryl/α,β-unsaturated/α-hetero) is 1. The van der Waals surface area contributed by atoms with Crippen molar-refractivity contribution in [1.82, 2.24) is 4.90 Å². The van der Waals surface area contributed by atoms with Crippen molar-refractivity contribution in [2.45, 2.75) is 44.6 Å². The van der Waals surface area contributed by atoms with Gasteiger partial charge >= 0.3 is 5.97 Å². The topological polar surface area (TPSA) is 72.9 Å². The molecule has 1 aromatic carbocycles. The van der Waals surface area contributed by atoms with Crippen LogP contribution in [0.5, 0.6) is 5.75 Å². The Labute approximate surface area is 147 Å². The first-order valence-electron chi connectivity index (χ1n) is 8.78. The molecule has 0 saturated carbocycles. The number of ketones is 1. The molecular weight excluding hydrogens is 322 g/mol. The molecule has 0 bridgehead atoms. The number of carbonyl (C=O) groups excluding carboxylic acids is 3. The molecule has 1 saturated heterocycles. The lowest BCUT2D eigenvalue weighted by atomic mass is 9.82. The number of nitrogens with zero attached hydrogens (tertiary/aromatic N) is 1. The number of benzene rings is 1. The molecule has 1 aromatic rings. The number of hydrogen-bond acceptors (Lipinski definition) is 5. The van der Waals surface area contributed by atoms with E-state index in [1.165, 1.54) is 0 Å². The number of hydrogen-bond donors (Lipinski definition) is 0. The van der Waals surface area contributed by atoms with Gasteiger partial charge in [-0.3, -0.25) is 14.4 Å². The molecule has 6 nitrogen and oxygen atoms in total. The predicted molar refractivity (Wildman–Crippen MR) is 90.4 cm³/mol.